The zero-order valence-corrected chi connectivity index (χ0v) is 15.8. The Labute approximate surface area is 167 Å². The number of carbonyl (C=O) groups excluding carboxylic acids is 2. The molecule has 1 aliphatic rings. The second-order valence-corrected chi connectivity index (χ2v) is 6.69. The molecule has 2 amide bonds. The summed E-state index contributed by atoms with van der Waals surface area (Å²) in [5.74, 6) is -1.95. The molecular weight excluding hydrogens is 380 g/mol. The fourth-order valence-electron chi connectivity index (χ4n) is 3.23. The third-order valence-corrected chi connectivity index (χ3v) is 4.92. The summed E-state index contributed by atoms with van der Waals surface area (Å²) in [6.07, 6.45) is -0.741. The third kappa shape index (κ3) is 4.28. The average molecular weight is 400 g/mol. The summed E-state index contributed by atoms with van der Waals surface area (Å²) >= 11 is 3.86. The molecule has 0 spiro atoms. The molecule has 0 bridgehead atoms. The number of alkyl carbamates (subject to hydrolysis) is 1. The Morgan fingerprint density at radius 2 is 1.61 bits per heavy atom. The van der Waals surface area contributed by atoms with Crippen LogP contribution in [0.2, 0.25) is 0 Å². The SMILES string of the molecule is O=C(CNC(=O)OCC1c2ccccc2-c2ccccc21)N[C@@H](CS)C(=O)O. The molecule has 0 aromatic heterocycles. The minimum Gasteiger partial charge on any atom is -0.480 e. The molecule has 146 valence electrons. The fraction of sp³-hybridized carbons (Fsp3) is 0.250. The number of hydrogen-bond acceptors (Lipinski definition) is 5. The summed E-state index contributed by atoms with van der Waals surface area (Å²) in [4.78, 5) is 34.6. The van der Waals surface area contributed by atoms with Crippen molar-refractivity contribution in [2.24, 2.45) is 0 Å². The Hall–Kier alpha value is -3.00. The van der Waals surface area contributed by atoms with Crippen LogP contribution in [-0.4, -0.2) is 48.0 Å². The highest BCUT2D eigenvalue weighted by atomic mass is 32.1. The first-order chi connectivity index (χ1) is 13.5. The molecule has 0 saturated carbocycles. The topological polar surface area (TPSA) is 105 Å². The lowest BCUT2D eigenvalue weighted by molar-refractivity contribution is -0.140. The summed E-state index contributed by atoms with van der Waals surface area (Å²) in [6, 6.07) is 14.8. The molecule has 3 N–H and O–H groups in total. The average Bonchev–Trinajstić information content (AvgIpc) is 3.02. The van der Waals surface area contributed by atoms with E-state index >= 15 is 0 Å². The molecule has 1 atom stereocenters. The summed E-state index contributed by atoms with van der Waals surface area (Å²) in [6.45, 7) is -0.246. The number of nitrogens with one attached hydrogen (secondary N) is 2. The normalized spacial score (nSPS) is 13.2. The van der Waals surface area contributed by atoms with Gasteiger partial charge in [-0.2, -0.15) is 12.6 Å². The molecule has 0 saturated heterocycles. The molecule has 1 aliphatic carbocycles. The molecule has 28 heavy (non-hydrogen) atoms. The zero-order valence-electron chi connectivity index (χ0n) is 14.9. The predicted molar refractivity (Wildman–Crippen MR) is 106 cm³/mol. The van der Waals surface area contributed by atoms with Gasteiger partial charge in [-0.1, -0.05) is 48.5 Å². The monoisotopic (exact) mass is 400 g/mol. The highest BCUT2D eigenvalue weighted by Gasteiger charge is 2.29. The second kappa shape index (κ2) is 8.79. The highest BCUT2D eigenvalue weighted by Crippen LogP contribution is 2.44. The molecular formula is C20H20N2O5S. The maximum Gasteiger partial charge on any atom is 0.407 e. The van der Waals surface area contributed by atoms with E-state index in [1.807, 2.05) is 48.5 Å². The van der Waals surface area contributed by atoms with E-state index in [0.717, 1.165) is 22.3 Å². The summed E-state index contributed by atoms with van der Waals surface area (Å²) in [5, 5.41) is 13.5. The lowest BCUT2D eigenvalue weighted by Gasteiger charge is -2.15. The van der Waals surface area contributed by atoms with Crippen LogP contribution < -0.4 is 10.6 Å². The van der Waals surface area contributed by atoms with Gasteiger partial charge in [0.2, 0.25) is 5.91 Å². The van der Waals surface area contributed by atoms with Crippen molar-refractivity contribution in [3.8, 4) is 11.1 Å². The van der Waals surface area contributed by atoms with Crippen LogP contribution in [-0.2, 0) is 14.3 Å². The van der Waals surface area contributed by atoms with Crippen LogP contribution in [0.4, 0.5) is 4.79 Å². The largest absolute Gasteiger partial charge is 0.480 e. The third-order valence-electron chi connectivity index (χ3n) is 4.55. The lowest BCUT2D eigenvalue weighted by Crippen LogP contribution is -2.46. The number of rotatable bonds is 7. The Morgan fingerprint density at radius 1 is 1.04 bits per heavy atom. The van der Waals surface area contributed by atoms with Crippen molar-refractivity contribution in [3.05, 3.63) is 59.7 Å². The van der Waals surface area contributed by atoms with Crippen LogP contribution in [0.1, 0.15) is 17.0 Å². The van der Waals surface area contributed by atoms with Crippen molar-refractivity contribution >= 4 is 30.6 Å². The van der Waals surface area contributed by atoms with Gasteiger partial charge in [0.1, 0.15) is 19.2 Å². The number of carboxylic acid groups (broad SMARTS) is 1. The highest BCUT2D eigenvalue weighted by molar-refractivity contribution is 7.80. The minimum atomic E-state index is -1.19. The van der Waals surface area contributed by atoms with E-state index in [1.54, 1.807) is 0 Å². The summed E-state index contributed by atoms with van der Waals surface area (Å²) < 4.78 is 5.31. The van der Waals surface area contributed by atoms with Gasteiger partial charge in [-0.05, 0) is 22.3 Å². The van der Waals surface area contributed by atoms with E-state index in [9.17, 15) is 14.4 Å². The molecule has 0 unspecified atom stereocenters. The number of thiol groups is 1. The van der Waals surface area contributed by atoms with E-state index in [2.05, 4.69) is 23.3 Å². The number of benzene rings is 2. The smallest absolute Gasteiger partial charge is 0.407 e. The molecule has 3 rings (SSSR count). The van der Waals surface area contributed by atoms with E-state index in [-0.39, 0.29) is 24.8 Å². The van der Waals surface area contributed by atoms with Gasteiger partial charge in [0.05, 0.1) is 0 Å². The van der Waals surface area contributed by atoms with Gasteiger partial charge >= 0.3 is 12.1 Å². The van der Waals surface area contributed by atoms with Crippen LogP contribution >= 0.6 is 12.6 Å². The van der Waals surface area contributed by atoms with E-state index in [4.69, 9.17) is 9.84 Å². The molecule has 2 aromatic carbocycles. The van der Waals surface area contributed by atoms with Crippen molar-refractivity contribution in [3.63, 3.8) is 0 Å². The van der Waals surface area contributed by atoms with Crippen LogP contribution in [0.15, 0.2) is 48.5 Å². The van der Waals surface area contributed by atoms with E-state index in [0.29, 0.717) is 0 Å². The standard InChI is InChI=1S/C20H20N2O5S/c23-18(22-17(11-28)19(24)25)9-21-20(26)27-10-16-14-7-3-1-5-12(14)13-6-2-4-8-15(13)16/h1-8,16-17,28H,9-11H2,(H,21,26)(H,22,23)(H,24,25)/t17-/m0/s1. The zero-order chi connectivity index (χ0) is 20.1. The Kier molecular flexibility index (Phi) is 6.20. The Balaban J connectivity index is 1.55. The molecule has 8 heteroatoms. The summed E-state index contributed by atoms with van der Waals surface area (Å²) in [7, 11) is 0. The quantitative estimate of drug-likeness (QED) is 0.533. The van der Waals surface area contributed by atoms with Crippen LogP contribution in [0.25, 0.3) is 11.1 Å². The number of hydrogen-bond donors (Lipinski definition) is 4. The minimum absolute atomic E-state index is 0.0496. The molecule has 2 aromatic rings. The van der Waals surface area contributed by atoms with Crippen LogP contribution in [0.5, 0.6) is 0 Å². The van der Waals surface area contributed by atoms with Gasteiger partial charge in [0.25, 0.3) is 0 Å². The van der Waals surface area contributed by atoms with Crippen molar-refractivity contribution in [2.75, 3.05) is 18.9 Å². The van der Waals surface area contributed by atoms with E-state index in [1.165, 1.54) is 0 Å². The van der Waals surface area contributed by atoms with Gasteiger partial charge in [0, 0.05) is 11.7 Å². The fourth-order valence-corrected chi connectivity index (χ4v) is 3.48. The van der Waals surface area contributed by atoms with Gasteiger partial charge < -0.3 is 20.5 Å². The van der Waals surface area contributed by atoms with Gasteiger partial charge in [0.15, 0.2) is 0 Å². The lowest BCUT2D eigenvalue weighted by atomic mass is 9.98. The molecule has 0 radical (unpaired) electrons. The van der Waals surface area contributed by atoms with Crippen LogP contribution in [0, 0.1) is 0 Å². The first-order valence-electron chi connectivity index (χ1n) is 8.73. The van der Waals surface area contributed by atoms with E-state index < -0.39 is 24.0 Å². The van der Waals surface area contributed by atoms with Crippen molar-refractivity contribution in [1.82, 2.24) is 10.6 Å². The molecule has 7 nitrogen and oxygen atoms in total. The molecule has 0 fully saturated rings. The number of carboxylic acids is 1. The number of ether oxygens (including phenoxy) is 1. The van der Waals surface area contributed by atoms with Gasteiger partial charge in [-0.3, -0.25) is 4.79 Å². The second-order valence-electron chi connectivity index (χ2n) is 6.32. The predicted octanol–water partition coefficient (Wildman–Crippen LogP) is 2.02. The van der Waals surface area contributed by atoms with Crippen LogP contribution in [0.3, 0.4) is 0 Å². The first kappa shape index (κ1) is 19.8. The Bertz CT molecular complexity index is 856. The first-order valence-corrected chi connectivity index (χ1v) is 9.36. The maximum atomic E-state index is 12.0. The van der Waals surface area contributed by atoms with Gasteiger partial charge in [-0.15, -0.1) is 0 Å². The number of carbonyl (C=O) groups is 3. The summed E-state index contributed by atoms with van der Waals surface area (Å²) in [5.41, 5.74) is 4.43. The van der Waals surface area contributed by atoms with Gasteiger partial charge in [-0.25, -0.2) is 9.59 Å². The molecule has 0 heterocycles. The Morgan fingerprint density at radius 3 is 2.14 bits per heavy atom. The van der Waals surface area contributed by atoms with Crippen molar-refractivity contribution in [1.29, 1.82) is 0 Å². The number of amides is 2. The van der Waals surface area contributed by atoms with Crippen molar-refractivity contribution in [2.45, 2.75) is 12.0 Å². The molecule has 0 aliphatic heterocycles. The number of fused-ring (bicyclic) bond motifs is 3. The van der Waals surface area contributed by atoms with Crippen molar-refractivity contribution < 1.29 is 24.2 Å². The maximum absolute atomic E-state index is 12.0. The number of aliphatic carboxylic acids is 1.